The van der Waals surface area contributed by atoms with E-state index in [2.05, 4.69) is 56.3 Å². The number of hydrogen-bond acceptors (Lipinski definition) is 11. The normalized spacial score (nSPS) is 23.4. The molecule has 3 atom stereocenters. The zero-order valence-electron chi connectivity index (χ0n) is 25.1. The lowest BCUT2D eigenvalue weighted by Crippen LogP contribution is -2.55. The minimum Gasteiger partial charge on any atom is -0.495 e. The van der Waals surface area contributed by atoms with Gasteiger partial charge in [-0.15, -0.1) is 0 Å². The van der Waals surface area contributed by atoms with Crippen LogP contribution in [0.25, 0.3) is 11.4 Å². The smallest absolute Gasteiger partial charge is 0.249 e. The molecule has 0 radical (unpaired) electrons. The second-order valence-corrected chi connectivity index (χ2v) is 11.8. The lowest BCUT2D eigenvalue weighted by atomic mass is 10.0. The number of nitrogens with one attached hydrogen (secondary N) is 2. The van der Waals surface area contributed by atoms with Crippen LogP contribution >= 0.6 is 0 Å². The van der Waals surface area contributed by atoms with Crippen LogP contribution in [0.15, 0.2) is 28.9 Å². The third-order valence-electron chi connectivity index (χ3n) is 8.58. The van der Waals surface area contributed by atoms with Gasteiger partial charge in [0.25, 0.3) is 0 Å². The number of amides is 1. The summed E-state index contributed by atoms with van der Waals surface area (Å²) in [6.07, 6.45) is 6.95. The first-order valence-corrected chi connectivity index (χ1v) is 15.0. The van der Waals surface area contributed by atoms with E-state index in [1.54, 1.807) is 18.2 Å². The number of nitrogens with zero attached hydrogens (tertiary/aromatic N) is 7. The number of rotatable bonds is 8. The Labute approximate surface area is 246 Å². The first-order valence-electron chi connectivity index (χ1n) is 15.0. The summed E-state index contributed by atoms with van der Waals surface area (Å²) in [6, 6.07) is 6.64. The largest absolute Gasteiger partial charge is 0.495 e. The highest BCUT2D eigenvalue weighted by molar-refractivity contribution is 6.04. The van der Waals surface area contributed by atoms with E-state index in [9.17, 15) is 4.79 Å². The summed E-state index contributed by atoms with van der Waals surface area (Å²) in [5.74, 6) is 3.06. The molecule has 12 heteroatoms. The summed E-state index contributed by atoms with van der Waals surface area (Å²) in [7, 11) is 3.43. The van der Waals surface area contributed by atoms with Crippen molar-refractivity contribution in [1.29, 1.82) is 0 Å². The van der Waals surface area contributed by atoms with Gasteiger partial charge in [0.1, 0.15) is 17.5 Å². The van der Waals surface area contributed by atoms with Gasteiger partial charge in [0.15, 0.2) is 5.82 Å². The summed E-state index contributed by atoms with van der Waals surface area (Å²) in [5.41, 5.74) is 2.25. The maximum Gasteiger partial charge on any atom is 0.249 e. The van der Waals surface area contributed by atoms with Crippen molar-refractivity contribution >= 4 is 29.0 Å². The number of carbonyl (C=O) groups excluding carboxylic acids is 1. The highest BCUT2D eigenvalue weighted by Gasteiger charge is 2.41. The maximum atomic E-state index is 13.2. The molecule has 1 aliphatic carbocycles. The molecule has 224 valence electrons. The molecule has 2 aliphatic heterocycles. The van der Waals surface area contributed by atoms with Gasteiger partial charge in [-0.1, -0.05) is 24.9 Å². The lowest BCUT2D eigenvalue weighted by molar-refractivity contribution is -0.120. The topological polar surface area (TPSA) is 125 Å². The number of benzene rings is 1. The number of carbonyl (C=O) groups is 1. The molecule has 2 fully saturated rings. The quantitative estimate of drug-likeness (QED) is 0.405. The Morgan fingerprint density at radius 2 is 1.90 bits per heavy atom. The third kappa shape index (κ3) is 5.52. The van der Waals surface area contributed by atoms with Gasteiger partial charge >= 0.3 is 0 Å². The molecule has 12 nitrogen and oxygen atoms in total. The summed E-state index contributed by atoms with van der Waals surface area (Å²) < 4.78 is 11.3. The molecule has 3 aliphatic rings. The van der Waals surface area contributed by atoms with Crippen LogP contribution in [0.2, 0.25) is 0 Å². The summed E-state index contributed by atoms with van der Waals surface area (Å²) in [5, 5.41) is 11.1. The predicted octanol–water partition coefficient (Wildman–Crippen LogP) is 3.97. The van der Waals surface area contributed by atoms with E-state index < -0.39 is 0 Å². The molecule has 1 aromatic carbocycles. The SMILES string of the molecule is CC[C@@H]1C(=O)N(C)c2cnc(Nc3ccc(-c4noc(CN5C[C@@H](C)N[C@@H](C)C5)n4)cc3OC)nc2N1C1CCCC1. The van der Waals surface area contributed by atoms with Crippen LogP contribution in [0.4, 0.5) is 23.1 Å². The van der Waals surface area contributed by atoms with E-state index in [1.165, 1.54) is 12.8 Å². The minimum atomic E-state index is -0.222. The Balaban J connectivity index is 1.22. The van der Waals surface area contributed by atoms with Crippen LogP contribution in [-0.2, 0) is 11.3 Å². The molecular formula is C30H41N9O3. The average molecular weight is 576 g/mol. The second-order valence-electron chi connectivity index (χ2n) is 11.8. The van der Waals surface area contributed by atoms with E-state index in [0.717, 1.165) is 49.4 Å². The third-order valence-corrected chi connectivity index (χ3v) is 8.58. The Hall–Kier alpha value is -3.77. The van der Waals surface area contributed by atoms with Crippen LogP contribution in [0.5, 0.6) is 5.75 Å². The van der Waals surface area contributed by atoms with Gasteiger partial charge < -0.3 is 29.7 Å². The van der Waals surface area contributed by atoms with Gasteiger partial charge in [-0.2, -0.15) is 9.97 Å². The average Bonchev–Trinajstić information content (AvgIpc) is 3.67. The van der Waals surface area contributed by atoms with Crippen molar-refractivity contribution in [1.82, 2.24) is 30.3 Å². The van der Waals surface area contributed by atoms with Crippen molar-refractivity contribution in [2.45, 2.75) is 83.6 Å². The molecule has 4 heterocycles. The Morgan fingerprint density at radius 3 is 2.62 bits per heavy atom. The molecule has 0 spiro atoms. The first-order chi connectivity index (χ1) is 20.3. The fourth-order valence-corrected chi connectivity index (χ4v) is 6.69. The predicted molar refractivity (Wildman–Crippen MR) is 161 cm³/mol. The Morgan fingerprint density at radius 1 is 1.14 bits per heavy atom. The molecule has 6 rings (SSSR count). The zero-order valence-corrected chi connectivity index (χ0v) is 25.1. The van der Waals surface area contributed by atoms with E-state index in [0.29, 0.717) is 53.8 Å². The van der Waals surface area contributed by atoms with Crippen LogP contribution < -0.4 is 25.2 Å². The van der Waals surface area contributed by atoms with Crippen molar-refractivity contribution in [3.63, 3.8) is 0 Å². The van der Waals surface area contributed by atoms with Gasteiger partial charge in [-0.3, -0.25) is 9.69 Å². The summed E-state index contributed by atoms with van der Waals surface area (Å²) >= 11 is 0. The highest BCUT2D eigenvalue weighted by Crippen LogP contribution is 2.40. The molecule has 0 unspecified atom stereocenters. The van der Waals surface area contributed by atoms with Crippen LogP contribution in [-0.4, -0.2) is 82.3 Å². The van der Waals surface area contributed by atoms with Crippen molar-refractivity contribution < 1.29 is 14.1 Å². The van der Waals surface area contributed by atoms with Gasteiger partial charge in [0, 0.05) is 43.8 Å². The molecule has 3 aromatic rings. The second kappa shape index (κ2) is 11.8. The monoisotopic (exact) mass is 575 g/mol. The van der Waals surface area contributed by atoms with Crippen molar-refractivity contribution in [3.8, 4) is 17.1 Å². The van der Waals surface area contributed by atoms with Crippen molar-refractivity contribution in [2.75, 3.05) is 42.4 Å². The molecule has 1 saturated carbocycles. The van der Waals surface area contributed by atoms with Crippen molar-refractivity contribution in [3.05, 3.63) is 30.3 Å². The molecule has 2 N–H and O–H groups in total. The highest BCUT2D eigenvalue weighted by atomic mass is 16.5. The van der Waals surface area contributed by atoms with Crippen molar-refractivity contribution in [2.24, 2.45) is 0 Å². The number of likely N-dealkylation sites (N-methyl/N-ethyl adjacent to an activating group) is 1. The maximum absolute atomic E-state index is 13.2. The van der Waals surface area contributed by atoms with Gasteiger partial charge in [-0.05, 0) is 51.3 Å². The van der Waals surface area contributed by atoms with Gasteiger partial charge in [0.05, 0.1) is 25.5 Å². The number of piperazine rings is 1. The van der Waals surface area contributed by atoms with Crippen LogP contribution in [0.3, 0.4) is 0 Å². The number of ether oxygens (including phenoxy) is 1. The fourth-order valence-electron chi connectivity index (χ4n) is 6.69. The zero-order chi connectivity index (χ0) is 29.4. The van der Waals surface area contributed by atoms with E-state index >= 15 is 0 Å². The van der Waals surface area contributed by atoms with Gasteiger partial charge in [-0.25, -0.2) is 4.98 Å². The molecular weight excluding hydrogens is 534 g/mol. The standard InChI is InChI=1S/C30H41N9O3/c1-6-23-29(40)37(4)24-14-31-30(35-28(24)39(23)21-9-7-8-10-21)33-22-12-11-20(13-25(22)41-5)27-34-26(42-36-27)17-38-15-18(2)32-19(3)16-38/h11-14,18-19,21,23,32H,6-10,15-17H2,1-5H3,(H,31,33,35)/t18-,19+,23-/m1/s1. The molecule has 2 aromatic heterocycles. The Bertz CT molecular complexity index is 1410. The van der Waals surface area contributed by atoms with Crippen LogP contribution in [0, 0.1) is 0 Å². The fraction of sp³-hybridized carbons (Fsp3) is 0.567. The Kier molecular flexibility index (Phi) is 8.00. The van der Waals surface area contributed by atoms with E-state index in [-0.39, 0.29) is 11.9 Å². The molecule has 1 amide bonds. The number of fused-ring (bicyclic) bond motifs is 1. The molecule has 1 saturated heterocycles. The van der Waals surface area contributed by atoms with E-state index in [4.69, 9.17) is 14.2 Å². The summed E-state index contributed by atoms with van der Waals surface area (Å²) in [4.78, 5) is 33.6. The first kappa shape index (κ1) is 28.4. The molecule has 0 bridgehead atoms. The van der Waals surface area contributed by atoms with Crippen LogP contribution in [0.1, 0.15) is 58.8 Å². The number of hydrogen-bond donors (Lipinski definition) is 2. The summed E-state index contributed by atoms with van der Waals surface area (Å²) in [6.45, 7) is 8.93. The van der Waals surface area contributed by atoms with E-state index in [1.807, 2.05) is 25.2 Å². The minimum absolute atomic E-state index is 0.0974. The number of methoxy groups -OCH3 is 1. The lowest BCUT2D eigenvalue weighted by Gasteiger charge is -2.43. The molecule has 42 heavy (non-hydrogen) atoms. The number of aromatic nitrogens is 4. The van der Waals surface area contributed by atoms with Gasteiger partial charge in [0.2, 0.25) is 23.6 Å². The number of anilines is 4.